The Morgan fingerprint density at radius 3 is 2.50 bits per heavy atom. The van der Waals surface area contributed by atoms with Gasteiger partial charge in [0.15, 0.2) is 0 Å². The minimum atomic E-state index is 0.521. The Kier molecular flexibility index (Phi) is 3.31. The molecule has 0 radical (unpaired) electrons. The van der Waals surface area contributed by atoms with Gasteiger partial charge in [-0.15, -0.1) is 0 Å². The van der Waals surface area contributed by atoms with Crippen molar-refractivity contribution in [3.63, 3.8) is 0 Å². The molecule has 1 aromatic carbocycles. The summed E-state index contributed by atoms with van der Waals surface area (Å²) in [5.41, 5.74) is 8.90. The molecular weight excluding hydrogens is 196 g/mol. The molecule has 16 heavy (non-hydrogen) atoms. The second kappa shape index (κ2) is 4.56. The highest BCUT2D eigenvalue weighted by molar-refractivity contribution is 5.27. The molecule has 0 bridgehead atoms. The van der Waals surface area contributed by atoms with Gasteiger partial charge in [-0.05, 0) is 35.9 Å². The highest BCUT2D eigenvalue weighted by atomic mass is 15.0. The van der Waals surface area contributed by atoms with Crippen LogP contribution in [0.5, 0.6) is 0 Å². The zero-order chi connectivity index (χ0) is 11.6. The van der Waals surface area contributed by atoms with E-state index in [0.717, 1.165) is 19.0 Å². The molecule has 1 aromatic rings. The Labute approximate surface area is 98.2 Å². The summed E-state index contributed by atoms with van der Waals surface area (Å²) in [5.74, 6) is 0. The third kappa shape index (κ3) is 2.63. The third-order valence-corrected chi connectivity index (χ3v) is 3.64. The van der Waals surface area contributed by atoms with Gasteiger partial charge in [-0.25, -0.2) is 0 Å². The molecule has 3 N–H and O–H groups in total. The summed E-state index contributed by atoms with van der Waals surface area (Å²) >= 11 is 0. The molecule has 1 unspecified atom stereocenters. The summed E-state index contributed by atoms with van der Waals surface area (Å²) in [4.78, 5) is 0. The average Bonchev–Trinajstić information content (AvgIpc) is 2.87. The molecular formula is C14H22N2. The van der Waals surface area contributed by atoms with Gasteiger partial charge in [-0.3, -0.25) is 0 Å². The molecule has 0 saturated heterocycles. The summed E-state index contributed by atoms with van der Waals surface area (Å²) in [6.45, 7) is 6.34. The van der Waals surface area contributed by atoms with E-state index in [0.29, 0.717) is 12.0 Å². The highest BCUT2D eigenvalue weighted by Gasteiger charge is 2.44. The lowest BCUT2D eigenvalue weighted by Gasteiger charge is -2.09. The highest BCUT2D eigenvalue weighted by Crippen LogP contribution is 2.44. The van der Waals surface area contributed by atoms with E-state index < -0.39 is 0 Å². The first-order valence-electron chi connectivity index (χ1n) is 6.14. The summed E-state index contributed by atoms with van der Waals surface area (Å²) in [6, 6.07) is 9.18. The van der Waals surface area contributed by atoms with E-state index in [9.17, 15) is 0 Å². The van der Waals surface area contributed by atoms with Crippen molar-refractivity contribution >= 4 is 0 Å². The standard InChI is InChI=1S/C14H22N2/c1-14(2)9-13(14)16-8-7-11-5-3-4-6-12(11)10-15/h3-6,13,16H,7-10,15H2,1-2H3. The van der Waals surface area contributed by atoms with Gasteiger partial charge in [-0.2, -0.15) is 0 Å². The Morgan fingerprint density at radius 1 is 1.31 bits per heavy atom. The second-order valence-corrected chi connectivity index (χ2v) is 5.42. The van der Waals surface area contributed by atoms with Gasteiger partial charge >= 0.3 is 0 Å². The number of nitrogens with one attached hydrogen (secondary N) is 1. The number of hydrogen-bond acceptors (Lipinski definition) is 2. The van der Waals surface area contributed by atoms with Crippen LogP contribution in [0.15, 0.2) is 24.3 Å². The summed E-state index contributed by atoms with van der Waals surface area (Å²) in [6.07, 6.45) is 2.39. The smallest absolute Gasteiger partial charge is 0.0180 e. The zero-order valence-electron chi connectivity index (χ0n) is 10.3. The topological polar surface area (TPSA) is 38.0 Å². The number of rotatable bonds is 5. The van der Waals surface area contributed by atoms with Crippen molar-refractivity contribution in [2.24, 2.45) is 11.1 Å². The van der Waals surface area contributed by atoms with Crippen molar-refractivity contribution in [1.29, 1.82) is 0 Å². The maximum atomic E-state index is 5.72. The van der Waals surface area contributed by atoms with Crippen molar-refractivity contribution < 1.29 is 0 Å². The van der Waals surface area contributed by atoms with Crippen LogP contribution in [-0.2, 0) is 13.0 Å². The van der Waals surface area contributed by atoms with Crippen molar-refractivity contribution in [2.75, 3.05) is 6.54 Å². The van der Waals surface area contributed by atoms with Crippen LogP contribution in [0.3, 0.4) is 0 Å². The van der Waals surface area contributed by atoms with Crippen molar-refractivity contribution in [3.05, 3.63) is 35.4 Å². The number of nitrogens with two attached hydrogens (primary N) is 1. The first kappa shape index (κ1) is 11.6. The van der Waals surface area contributed by atoms with Gasteiger partial charge in [0, 0.05) is 12.6 Å². The van der Waals surface area contributed by atoms with Crippen LogP contribution in [0.25, 0.3) is 0 Å². The molecule has 1 aliphatic rings. The SMILES string of the molecule is CC1(C)CC1NCCc1ccccc1CN. The van der Waals surface area contributed by atoms with Crippen LogP contribution in [-0.4, -0.2) is 12.6 Å². The number of benzene rings is 1. The van der Waals surface area contributed by atoms with Gasteiger partial charge in [0.05, 0.1) is 0 Å². The lowest BCUT2D eigenvalue weighted by molar-refractivity contribution is 0.543. The molecule has 0 spiro atoms. The minimum absolute atomic E-state index is 0.521. The minimum Gasteiger partial charge on any atom is -0.326 e. The maximum absolute atomic E-state index is 5.72. The van der Waals surface area contributed by atoms with Gasteiger partial charge in [-0.1, -0.05) is 38.1 Å². The molecule has 88 valence electrons. The fourth-order valence-electron chi connectivity index (χ4n) is 2.20. The maximum Gasteiger partial charge on any atom is 0.0180 e. The van der Waals surface area contributed by atoms with Crippen LogP contribution >= 0.6 is 0 Å². The average molecular weight is 218 g/mol. The molecule has 1 aliphatic carbocycles. The molecule has 2 nitrogen and oxygen atoms in total. The van der Waals surface area contributed by atoms with Crippen molar-refractivity contribution in [3.8, 4) is 0 Å². The van der Waals surface area contributed by atoms with Gasteiger partial charge in [0.1, 0.15) is 0 Å². The largest absolute Gasteiger partial charge is 0.326 e. The summed E-state index contributed by atoms with van der Waals surface area (Å²) < 4.78 is 0. The van der Waals surface area contributed by atoms with Crippen LogP contribution in [0.2, 0.25) is 0 Å². The van der Waals surface area contributed by atoms with Gasteiger partial charge in [0.2, 0.25) is 0 Å². The second-order valence-electron chi connectivity index (χ2n) is 5.42. The van der Waals surface area contributed by atoms with E-state index >= 15 is 0 Å². The van der Waals surface area contributed by atoms with Crippen LogP contribution in [0.1, 0.15) is 31.4 Å². The number of hydrogen-bond donors (Lipinski definition) is 2. The molecule has 0 aliphatic heterocycles. The molecule has 0 amide bonds. The summed E-state index contributed by atoms with van der Waals surface area (Å²) in [5, 5.41) is 3.61. The molecule has 2 heteroatoms. The van der Waals surface area contributed by atoms with E-state index in [4.69, 9.17) is 5.73 Å². The van der Waals surface area contributed by atoms with E-state index in [1.807, 2.05) is 0 Å². The third-order valence-electron chi connectivity index (χ3n) is 3.64. The van der Waals surface area contributed by atoms with Crippen molar-refractivity contribution in [1.82, 2.24) is 5.32 Å². The lowest BCUT2D eigenvalue weighted by atomic mass is 10.0. The van der Waals surface area contributed by atoms with Crippen molar-refractivity contribution in [2.45, 2.75) is 39.3 Å². The van der Waals surface area contributed by atoms with Gasteiger partial charge in [0.25, 0.3) is 0 Å². The molecule has 1 atom stereocenters. The van der Waals surface area contributed by atoms with E-state index in [2.05, 4.69) is 43.4 Å². The van der Waals surface area contributed by atoms with Crippen LogP contribution in [0, 0.1) is 5.41 Å². The first-order valence-corrected chi connectivity index (χ1v) is 6.14. The summed E-state index contributed by atoms with van der Waals surface area (Å²) in [7, 11) is 0. The predicted octanol–water partition coefficient (Wildman–Crippen LogP) is 2.08. The van der Waals surface area contributed by atoms with E-state index in [1.54, 1.807) is 0 Å². The normalized spacial score (nSPS) is 22.1. The quantitative estimate of drug-likeness (QED) is 0.794. The predicted molar refractivity (Wildman–Crippen MR) is 68.2 cm³/mol. The fourth-order valence-corrected chi connectivity index (χ4v) is 2.20. The molecule has 1 fully saturated rings. The first-order chi connectivity index (χ1) is 7.63. The lowest BCUT2D eigenvalue weighted by Crippen LogP contribution is -2.23. The molecule has 0 aromatic heterocycles. The fraction of sp³-hybridized carbons (Fsp3) is 0.571. The van der Waals surface area contributed by atoms with Crippen LogP contribution in [0.4, 0.5) is 0 Å². The Hall–Kier alpha value is -0.860. The Morgan fingerprint density at radius 2 is 1.94 bits per heavy atom. The molecule has 2 rings (SSSR count). The van der Waals surface area contributed by atoms with E-state index in [-0.39, 0.29) is 0 Å². The molecule has 1 saturated carbocycles. The zero-order valence-corrected chi connectivity index (χ0v) is 10.3. The Balaban J connectivity index is 1.81. The van der Waals surface area contributed by atoms with Crippen LogP contribution < -0.4 is 11.1 Å². The Bertz CT molecular complexity index is 358. The molecule has 0 heterocycles. The van der Waals surface area contributed by atoms with E-state index in [1.165, 1.54) is 17.5 Å². The van der Waals surface area contributed by atoms with Gasteiger partial charge < -0.3 is 11.1 Å². The monoisotopic (exact) mass is 218 g/mol.